The van der Waals surface area contributed by atoms with Gasteiger partial charge in [0.15, 0.2) is 0 Å². The van der Waals surface area contributed by atoms with E-state index in [4.69, 9.17) is 5.26 Å². The summed E-state index contributed by atoms with van der Waals surface area (Å²) >= 11 is 0. The molecule has 1 aromatic carbocycles. The fourth-order valence-corrected chi connectivity index (χ4v) is 3.27. The van der Waals surface area contributed by atoms with Gasteiger partial charge in [0, 0.05) is 37.3 Å². The number of nitrogens with zero attached hydrogens (tertiary/aromatic N) is 3. The van der Waals surface area contributed by atoms with E-state index in [1.165, 1.54) is 9.71 Å². The van der Waals surface area contributed by atoms with Crippen LogP contribution in [0, 0.1) is 18.3 Å². The Morgan fingerprint density at radius 2 is 2.00 bits per heavy atom. The molecule has 0 aliphatic heterocycles. The van der Waals surface area contributed by atoms with E-state index >= 15 is 0 Å². The van der Waals surface area contributed by atoms with Crippen LogP contribution >= 0.6 is 0 Å². The zero-order valence-electron chi connectivity index (χ0n) is 13.5. The molecule has 2 rings (SSSR count). The molecular formula is C18H19N3O2S. The number of rotatable bonds is 7. The van der Waals surface area contributed by atoms with E-state index in [1.807, 2.05) is 43.3 Å². The van der Waals surface area contributed by atoms with Crippen molar-refractivity contribution in [2.24, 2.45) is 0 Å². The van der Waals surface area contributed by atoms with Crippen molar-refractivity contribution in [3.8, 4) is 6.07 Å². The Labute approximate surface area is 142 Å². The number of hydrogen-bond donors (Lipinski definition) is 0. The van der Waals surface area contributed by atoms with Gasteiger partial charge in [-0.05, 0) is 30.2 Å². The van der Waals surface area contributed by atoms with Gasteiger partial charge in [0.25, 0.3) is 0 Å². The van der Waals surface area contributed by atoms with Crippen LogP contribution in [0.2, 0.25) is 0 Å². The van der Waals surface area contributed by atoms with Crippen LogP contribution in [-0.4, -0.2) is 24.3 Å². The molecule has 0 amide bonds. The highest BCUT2D eigenvalue weighted by atomic mass is 32.2. The summed E-state index contributed by atoms with van der Waals surface area (Å²) in [4.78, 5) is 4.00. The Kier molecular flexibility index (Phi) is 6.24. The molecule has 6 heteroatoms. The minimum absolute atomic E-state index is 0.137. The van der Waals surface area contributed by atoms with Gasteiger partial charge >= 0.3 is 0 Å². The highest BCUT2D eigenvalue weighted by molar-refractivity contribution is 7.92. The molecule has 0 unspecified atom stereocenters. The van der Waals surface area contributed by atoms with Gasteiger partial charge in [-0.25, -0.2) is 8.42 Å². The minimum Gasteiger partial charge on any atom is -0.264 e. The molecule has 0 radical (unpaired) electrons. The van der Waals surface area contributed by atoms with Crippen LogP contribution in [0.1, 0.15) is 23.1 Å². The van der Waals surface area contributed by atoms with Crippen molar-refractivity contribution in [1.29, 1.82) is 5.26 Å². The van der Waals surface area contributed by atoms with Gasteiger partial charge in [0.2, 0.25) is 10.0 Å². The van der Waals surface area contributed by atoms with Crippen molar-refractivity contribution in [2.75, 3.05) is 6.54 Å². The van der Waals surface area contributed by atoms with Gasteiger partial charge in [-0.2, -0.15) is 9.57 Å². The summed E-state index contributed by atoms with van der Waals surface area (Å²) in [6.45, 7) is 2.31. The fraction of sp³-hybridized carbons (Fsp3) is 0.222. The molecule has 1 aromatic heterocycles. The summed E-state index contributed by atoms with van der Waals surface area (Å²) in [7, 11) is -3.63. The van der Waals surface area contributed by atoms with E-state index in [0.29, 0.717) is 0 Å². The summed E-state index contributed by atoms with van der Waals surface area (Å²) < 4.78 is 26.5. The van der Waals surface area contributed by atoms with E-state index in [1.54, 1.807) is 24.5 Å². The zero-order chi connectivity index (χ0) is 17.4. The number of aryl methyl sites for hydroxylation is 1. The monoisotopic (exact) mass is 341 g/mol. The molecule has 5 nitrogen and oxygen atoms in total. The second kappa shape index (κ2) is 8.39. The highest BCUT2D eigenvalue weighted by Gasteiger charge is 2.19. The molecule has 0 saturated carbocycles. The van der Waals surface area contributed by atoms with Crippen molar-refractivity contribution < 1.29 is 8.42 Å². The molecule has 0 aliphatic rings. The first-order chi connectivity index (χ1) is 11.5. The predicted octanol–water partition coefficient (Wildman–Crippen LogP) is 3.11. The molecule has 0 aliphatic carbocycles. The van der Waals surface area contributed by atoms with Gasteiger partial charge in [-0.15, -0.1) is 0 Å². The number of aromatic nitrogens is 1. The van der Waals surface area contributed by atoms with Crippen molar-refractivity contribution in [1.82, 2.24) is 9.29 Å². The van der Waals surface area contributed by atoms with E-state index in [2.05, 4.69) is 4.98 Å². The van der Waals surface area contributed by atoms with Crippen molar-refractivity contribution in [2.45, 2.75) is 19.9 Å². The van der Waals surface area contributed by atoms with Crippen LogP contribution in [0.4, 0.5) is 0 Å². The standard InChI is InChI=1S/C18H19N3O2S/c1-16-5-7-17(8-6-16)9-13-24(22,23)21(12-3-10-19)15-18-4-2-11-20-14-18/h2,4-9,11,13-14H,3,12,15H2,1H3. The second-order valence-electron chi connectivity index (χ2n) is 5.36. The van der Waals surface area contributed by atoms with Crippen LogP contribution in [0.25, 0.3) is 6.08 Å². The van der Waals surface area contributed by atoms with Gasteiger partial charge < -0.3 is 0 Å². The number of sulfonamides is 1. The molecular weight excluding hydrogens is 322 g/mol. The molecule has 0 bridgehead atoms. The van der Waals surface area contributed by atoms with Gasteiger partial charge in [0.05, 0.1) is 6.07 Å². The quantitative estimate of drug-likeness (QED) is 0.775. The maximum Gasteiger partial charge on any atom is 0.236 e. The summed E-state index contributed by atoms with van der Waals surface area (Å²) in [5.41, 5.74) is 2.70. The van der Waals surface area contributed by atoms with Crippen LogP contribution < -0.4 is 0 Å². The third kappa shape index (κ3) is 5.30. The lowest BCUT2D eigenvalue weighted by molar-refractivity contribution is 0.419. The Balaban J connectivity index is 2.19. The maximum absolute atomic E-state index is 12.6. The van der Waals surface area contributed by atoms with Crippen LogP contribution in [0.5, 0.6) is 0 Å². The molecule has 0 fully saturated rings. The van der Waals surface area contributed by atoms with Crippen LogP contribution in [-0.2, 0) is 16.6 Å². The first-order valence-electron chi connectivity index (χ1n) is 7.52. The van der Waals surface area contributed by atoms with Gasteiger partial charge in [0.1, 0.15) is 0 Å². The lowest BCUT2D eigenvalue weighted by Crippen LogP contribution is -2.29. The SMILES string of the molecule is Cc1ccc(C=CS(=O)(=O)N(CCC#N)Cc2cccnc2)cc1. The fourth-order valence-electron chi connectivity index (χ4n) is 2.09. The lowest BCUT2D eigenvalue weighted by atomic mass is 10.2. The lowest BCUT2D eigenvalue weighted by Gasteiger charge is -2.19. The average molecular weight is 341 g/mol. The molecule has 24 heavy (non-hydrogen) atoms. The summed E-state index contributed by atoms with van der Waals surface area (Å²) in [5.74, 6) is 0. The van der Waals surface area contributed by atoms with Gasteiger partial charge in [-0.3, -0.25) is 4.98 Å². The first kappa shape index (κ1) is 17.9. The summed E-state index contributed by atoms with van der Waals surface area (Å²) in [5, 5.41) is 9.96. The number of hydrogen-bond acceptors (Lipinski definition) is 4. The molecule has 124 valence electrons. The molecule has 1 heterocycles. The largest absolute Gasteiger partial charge is 0.264 e. The van der Waals surface area contributed by atoms with Crippen LogP contribution in [0.15, 0.2) is 54.2 Å². The molecule has 0 atom stereocenters. The summed E-state index contributed by atoms with van der Waals surface area (Å²) in [6.07, 6.45) is 4.96. The highest BCUT2D eigenvalue weighted by Crippen LogP contribution is 2.13. The van der Waals surface area contributed by atoms with Crippen LogP contribution in [0.3, 0.4) is 0 Å². The smallest absolute Gasteiger partial charge is 0.236 e. The predicted molar refractivity (Wildman–Crippen MR) is 94.0 cm³/mol. The molecule has 0 N–H and O–H groups in total. The zero-order valence-corrected chi connectivity index (χ0v) is 14.3. The van der Waals surface area contributed by atoms with Gasteiger partial charge in [-0.1, -0.05) is 35.9 Å². The van der Waals surface area contributed by atoms with E-state index in [0.717, 1.165) is 16.7 Å². The Morgan fingerprint density at radius 3 is 2.62 bits per heavy atom. The average Bonchev–Trinajstić information content (AvgIpc) is 2.59. The second-order valence-corrected chi connectivity index (χ2v) is 7.18. The van der Waals surface area contributed by atoms with E-state index in [9.17, 15) is 8.42 Å². The van der Waals surface area contributed by atoms with E-state index in [-0.39, 0.29) is 19.5 Å². The summed E-state index contributed by atoms with van der Waals surface area (Å²) in [6, 6.07) is 13.1. The van der Waals surface area contributed by atoms with Crippen molar-refractivity contribution in [3.63, 3.8) is 0 Å². The van der Waals surface area contributed by atoms with Crippen molar-refractivity contribution in [3.05, 3.63) is 70.9 Å². The Hall–Kier alpha value is -2.49. The van der Waals surface area contributed by atoms with E-state index < -0.39 is 10.0 Å². The normalized spacial score (nSPS) is 11.7. The Bertz CT molecular complexity index is 823. The third-order valence-electron chi connectivity index (χ3n) is 3.42. The molecule has 0 spiro atoms. The Morgan fingerprint density at radius 1 is 1.25 bits per heavy atom. The van der Waals surface area contributed by atoms with Crippen molar-refractivity contribution >= 4 is 16.1 Å². The third-order valence-corrected chi connectivity index (χ3v) is 4.94. The number of benzene rings is 1. The molecule has 2 aromatic rings. The minimum atomic E-state index is -3.63. The number of pyridine rings is 1. The topological polar surface area (TPSA) is 74.1 Å². The maximum atomic E-state index is 12.6. The molecule has 0 saturated heterocycles. The first-order valence-corrected chi connectivity index (χ1v) is 9.02. The number of nitriles is 1.